The first-order valence-electron chi connectivity index (χ1n) is 6.90. The van der Waals surface area contributed by atoms with Crippen molar-refractivity contribution in [3.63, 3.8) is 0 Å². The van der Waals surface area contributed by atoms with E-state index in [0.29, 0.717) is 17.2 Å². The standard InChI is InChI=1S/C14H20N4O/c1-8-5-9(2)7-10(6-8)16-12-4-3-11(15)13-14(12)18-19-17-13/h3-4,8-10,16H,5-7,15H2,1-2H3. The molecule has 102 valence electrons. The van der Waals surface area contributed by atoms with Crippen LogP contribution in [0.5, 0.6) is 0 Å². The van der Waals surface area contributed by atoms with Crippen LogP contribution >= 0.6 is 0 Å². The van der Waals surface area contributed by atoms with Crippen LogP contribution in [0.4, 0.5) is 11.4 Å². The number of nitrogens with two attached hydrogens (primary N) is 1. The Bertz CT molecular complexity index is 570. The lowest BCUT2D eigenvalue weighted by Gasteiger charge is -2.32. The molecule has 1 aliphatic carbocycles. The summed E-state index contributed by atoms with van der Waals surface area (Å²) in [7, 11) is 0. The van der Waals surface area contributed by atoms with Crippen LogP contribution in [0, 0.1) is 11.8 Å². The van der Waals surface area contributed by atoms with E-state index in [1.54, 1.807) is 0 Å². The Morgan fingerprint density at radius 3 is 2.53 bits per heavy atom. The molecule has 1 aromatic carbocycles. The number of hydrogen-bond donors (Lipinski definition) is 2. The summed E-state index contributed by atoms with van der Waals surface area (Å²) in [5, 5.41) is 11.4. The van der Waals surface area contributed by atoms with E-state index in [1.807, 2.05) is 12.1 Å². The molecule has 1 aliphatic rings. The fourth-order valence-electron chi connectivity index (χ4n) is 3.29. The van der Waals surface area contributed by atoms with Gasteiger partial charge in [0, 0.05) is 6.04 Å². The number of benzene rings is 1. The molecule has 1 fully saturated rings. The first-order chi connectivity index (χ1) is 9.13. The summed E-state index contributed by atoms with van der Waals surface area (Å²) in [6.45, 7) is 4.64. The average Bonchev–Trinajstić information content (AvgIpc) is 2.81. The molecule has 1 heterocycles. The number of rotatable bonds is 2. The number of nitrogen functional groups attached to an aromatic ring is 1. The van der Waals surface area contributed by atoms with Gasteiger partial charge in [-0.2, -0.15) is 0 Å². The molecule has 3 N–H and O–H groups in total. The Balaban J connectivity index is 1.85. The van der Waals surface area contributed by atoms with Crippen molar-refractivity contribution in [3.8, 4) is 0 Å². The Morgan fingerprint density at radius 1 is 1.11 bits per heavy atom. The minimum Gasteiger partial charge on any atom is -0.397 e. The highest BCUT2D eigenvalue weighted by Crippen LogP contribution is 2.32. The normalized spacial score (nSPS) is 27.6. The minimum absolute atomic E-state index is 0.488. The number of nitrogens with zero attached hydrogens (tertiary/aromatic N) is 2. The summed E-state index contributed by atoms with van der Waals surface area (Å²) in [5.41, 5.74) is 8.80. The van der Waals surface area contributed by atoms with Crippen LogP contribution in [0.1, 0.15) is 33.1 Å². The van der Waals surface area contributed by atoms with Crippen molar-refractivity contribution in [1.29, 1.82) is 0 Å². The minimum atomic E-state index is 0.488. The third-order valence-corrected chi connectivity index (χ3v) is 3.98. The molecular weight excluding hydrogens is 240 g/mol. The Kier molecular flexibility index (Phi) is 3.05. The number of nitrogens with one attached hydrogen (secondary N) is 1. The fraction of sp³-hybridized carbons (Fsp3) is 0.571. The van der Waals surface area contributed by atoms with E-state index < -0.39 is 0 Å². The molecule has 0 saturated heterocycles. The molecule has 2 atom stereocenters. The van der Waals surface area contributed by atoms with Gasteiger partial charge in [0.2, 0.25) is 0 Å². The first-order valence-corrected chi connectivity index (χ1v) is 6.90. The second-order valence-corrected chi connectivity index (χ2v) is 5.92. The van der Waals surface area contributed by atoms with Gasteiger partial charge in [0.1, 0.15) is 0 Å². The SMILES string of the molecule is CC1CC(C)CC(Nc2ccc(N)c3nonc23)C1. The summed E-state index contributed by atoms with van der Waals surface area (Å²) in [5.74, 6) is 1.53. The predicted octanol–water partition coefficient (Wildman–Crippen LogP) is 3.04. The summed E-state index contributed by atoms with van der Waals surface area (Å²) in [6, 6.07) is 4.30. The van der Waals surface area contributed by atoms with Gasteiger partial charge in [-0.05, 0) is 53.5 Å². The predicted molar refractivity (Wildman–Crippen MR) is 75.8 cm³/mol. The van der Waals surface area contributed by atoms with Gasteiger partial charge in [0.25, 0.3) is 0 Å². The van der Waals surface area contributed by atoms with Crippen molar-refractivity contribution >= 4 is 22.4 Å². The van der Waals surface area contributed by atoms with Gasteiger partial charge in [0.15, 0.2) is 11.0 Å². The zero-order valence-corrected chi connectivity index (χ0v) is 11.4. The molecule has 0 radical (unpaired) electrons. The number of aromatic nitrogens is 2. The highest BCUT2D eigenvalue weighted by atomic mass is 16.6. The van der Waals surface area contributed by atoms with Crippen LogP contribution in [-0.4, -0.2) is 16.4 Å². The summed E-state index contributed by atoms with van der Waals surface area (Å²) in [6.07, 6.45) is 3.71. The second-order valence-electron chi connectivity index (χ2n) is 5.92. The number of anilines is 2. The van der Waals surface area contributed by atoms with Crippen LogP contribution in [0.25, 0.3) is 11.0 Å². The molecule has 5 heteroatoms. The molecule has 5 nitrogen and oxygen atoms in total. The van der Waals surface area contributed by atoms with E-state index in [9.17, 15) is 0 Å². The van der Waals surface area contributed by atoms with E-state index in [1.165, 1.54) is 19.3 Å². The van der Waals surface area contributed by atoms with Crippen molar-refractivity contribution in [2.75, 3.05) is 11.1 Å². The zero-order valence-electron chi connectivity index (χ0n) is 11.4. The third kappa shape index (κ3) is 2.37. The molecule has 2 unspecified atom stereocenters. The smallest absolute Gasteiger partial charge is 0.160 e. The van der Waals surface area contributed by atoms with Crippen molar-refractivity contribution < 1.29 is 4.63 Å². The van der Waals surface area contributed by atoms with E-state index in [0.717, 1.165) is 23.0 Å². The van der Waals surface area contributed by atoms with Gasteiger partial charge in [-0.15, -0.1) is 0 Å². The van der Waals surface area contributed by atoms with Crippen LogP contribution in [0.15, 0.2) is 16.8 Å². The maximum Gasteiger partial charge on any atom is 0.160 e. The molecule has 2 aromatic rings. The second kappa shape index (κ2) is 4.72. The number of fused-ring (bicyclic) bond motifs is 1. The van der Waals surface area contributed by atoms with Gasteiger partial charge in [-0.25, -0.2) is 4.63 Å². The lowest BCUT2D eigenvalue weighted by molar-refractivity contribution is 0.281. The van der Waals surface area contributed by atoms with Crippen molar-refractivity contribution in [3.05, 3.63) is 12.1 Å². The van der Waals surface area contributed by atoms with E-state index in [2.05, 4.69) is 29.5 Å². The van der Waals surface area contributed by atoms with E-state index in [4.69, 9.17) is 10.4 Å². The molecule has 0 spiro atoms. The zero-order chi connectivity index (χ0) is 13.4. The summed E-state index contributed by atoms with van der Waals surface area (Å²) < 4.78 is 4.80. The maximum absolute atomic E-state index is 5.86. The Morgan fingerprint density at radius 2 is 1.79 bits per heavy atom. The third-order valence-electron chi connectivity index (χ3n) is 3.98. The van der Waals surface area contributed by atoms with Crippen molar-refractivity contribution in [2.24, 2.45) is 11.8 Å². The van der Waals surface area contributed by atoms with Crippen LogP contribution in [0.2, 0.25) is 0 Å². The molecule has 1 saturated carbocycles. The Labute approximate surface area is 112 Å². The van der Waals surface area contributed by atoms with Crippen LogP contribution in [-0.2, 0) is 0 Å². The molecule has 3 rings (SSSR count). The monoisotopic (exact) mass is 260 g/mol. The number of hydrogen-bond acceptors (Lipinski definition) is 5. The first kappa shape index (κ1) is 12.3. The molecule has 1 aromatic heterocycles. The van der Waals surface area contributed by atoms with E-state index >= 15 is 0 Å². The van der Waals surface area contributed by atoms with Gasteiger partial charge in [-0.1, -0.05) is 13.8 Å². The van der Waals surface area contributed by atoms with Crippen molar-refractivity contribution in [2.45, 2.75) is 39.2 Å². The molecule has 0 aliphatic heterocycles. The largest absolute Gasteiger partial charge is 0.397 e. The lowest BCUT2D eigenvalue weighted by atomic mass is 9.80. The highest BCUT2D eigenvalue weighted by molar-refractivity contribution is 5.95. The summed E-state index contributed by atoms with van der Waals surface area (Å²) >= 11 is 0. The van der Waals surface area contributed by atoms with Gasteiger partial charge >= 0.3 is 0 Å². The van der Waals surface area contributed by atoms with E-state index in [-0.39, 0.29) is 0 Å². The van der Waals surface area contributed by atoms with Crippen LogP contribution in [0.3, 0.4) is 0 Å². The fourth-order valence-corrected chi connectivity index (χ4v) is 3.29. The molecule has 0 amide bonds. The highest BCUT2D eigenvalue weighted by Gasteiger charge is 2.24. The summed E-state index contributed by atoms with van der Waals surface area (Å²) in [4.78, 5) is 0. The maximum atomic E-state index is 5.86. The van der Waals surface area contributed by atoms with Crippen LogP contribution < -0.4 is 11.1 Å². The van der Waals surface area contributed by atoms with Gasteiger partial charge < -0.3 is 11.1 Å². The topological polar surface area (TPSA) is 77.0 Å². The Hall–Kier alpha value is -1.78. The van der Waals surface area contributed by atoms with Crippen molar-refractivity contribution in [1.82, 2.24) is 10.3 Å². The van der Waals surface area contributed by atoms with Gasteiger partial charge in [-0.3, -0.25) is 0 Å². The lowest BCUT2D eigenvalue weighted by Crippen LogP contribution is -2.30. The molecule has 0 bridgehead atoms. The van der Waals surface area contributed by atoms with Gasteiger partial charge in [0.05, 0.1) is 11.4 Å². The molecule has 19 heavy (non-hydrogen) atoms. The quantitative estimate of drug-likeness (QED) is 0.811. The molecular formula is C14H20N4O. The average molecular weight is 260 g/mol.